The molecule has 0 aliphatic heterocycles. The summed E-state index contributed by atoms with van der Waals surface area (Å²) in [6, 6.07) is 9.22. The lowest BCUT2D eigenvalue weighted by Gasteiger charge is -2.13. The van der Waals surface area contributed by atoms with E-state index in [1.54, 1.807) is 22.9 Å². The highest BCUT2D eigenvalue weighted by Gasteiger charge is 2.06. The van der Waals surface area contributed by atoms with Crippen molar-refractivity contribution in [1.29, 1.82) is 0 Å². The van der Waals surface area contributed by atoms with Gasteiger partial charge in [-0.15, -0.1) is 0 Å². The average molecular weight is 257 g/mol. The summed E-state index contributed by atoms with van der Waals surface area (Å²) in [7, 11) is 0. The third-order valence-electron chi connectivity index (χ3n) is 3.03. The molecule has 0 radical (unpaired) electrons. The highest BCUT2D eigenvalue weighted by atomic mass is 16.1. The van der Waals surface area contributed by atoms with Crippen LogP contribution in [0.25, 0.3) is 0 Å². The summed E-state index contributed by atoms with van der Waals surface area (Å²) in [4.78, 5) is 16.2. The molecule has 4 nitrogen and oxygen atoms in total. The topological polar surface area (TPSA) is 46.9 Å². The van der Waals surface area contributed by atoms with E-state index in [9.17, 15) is 4.79 Å². The van der Waals surface area contributed by atoms with Gasteiger partial charge in [0.05, 0.1) is 6.54 Å². The van der Waals surface area contributed by atoms with Crippen LogP contribution in [0.15, 0.2) is 41.3 Å². The second-order valence-corrected chi connectivity index (χ2v) is 4.53. The van der Waals surface area contributed by atoms with Gasteiger partial charge in [-0.3, -0.25) is 4.79 Å². The molecule has 1 N–H and O–H groups in total. The number of rotatable bonds is 5. The van der Waals surface area contributed by atoms with Crippen molar-refractivity contribution in [3.63, 3.8) is 0 Å². The molecule has 0 aromatic carbocycles. The molecule has 4 heteroatoms. The van der Waals surface area contributed by atoms with E-state index in [1.807, 2.05) is 25.1 Å². The van der Waals surface area contributed by atoms with E-state index in [1.165, 1.54) is 0 Å². The van der Waals surface area contributed by atoms with Crippen LogP contribution in [0.4, 0.5) is 5.82 Å². The fourth-order valence-electron chi connectivity index (χ4n) is 1.97. The summed E-state index contributed by atoms with van der Waals surface area (Å²) in [5, 5.41) is 3.30. The summed E-state index contributed by atoms with van der Waals surface area (Å²) in [5.41, 5.74) is 2.01. The van der Waals surface area contributed by atoms with Gasteiger partial charge in [0.1, 0.15) is 5.82 Å². The van der Waals surface area contributed by atoms with Gasteiger partial charge in [-0.25, -0.2) is 4.98 Å². The SMILES string of the molecule is CCCNc1ncccc1Cn1c(C)cccc1=O. The molecular weight excluding hydrogens is 238 g/mol. The Morgan fingerprint density at radius 3 is 2.84 bits per heavy atom. The molecular formula is C15H19N3O. The molecule has 0 saturated carbocycles. The minimum atomic E-state index is 0.0188. The van der Waals surface area contributed by atoms with Gasteiger partial charge in [-0.05, 0) is 25.5 Å². The quantitative estimate of drug-likeness (QED) is 0.894. The van der Waals surface area contributed by atoms with Crippen molar-refractivity contribution >= 4 is 5.82 Å². The first kappa shape index (κ1) is 13.3. The number of aromatic nitrogens is 2. The van der Waals surface area contributed by atoms with E-state index >= 15 is 0 Å². The highest BCUT2D eigenvalue weighted by Crippen LogP contribution is 2.13. The lowest BCUT2D eigenvalue weighted by molar-refractivity contribution is 0.727. The molecule has 2 rings (SSSR count). The van der Waals surface area contributed by atoms with E-state index in [0.717, 1.165) is 30.0 Å². The van der Waals surface area contributed by atoms with Crippen LogP contribution in [0.3, 0.4) is 0 Å². The van der Waals surface area contributed by atoms with Crippen LogP contribution in [0.2, 0.25) is 0 Å². The summed E-state index contributed by atoms with van der Waals surface area (Å²) in [6.45, 7) is 5.48. The Morgan fingerprint density at radius 1 is 1.26 bits per heavy atom. The molecule has 2 heterocycles. The van der Waals surface area contributed by atoms with Crippen molar-refractivity contribution in [1.82, 2.24) is 9.55 Å². The van der Waals surface area contributed by atoms with Crippen molar-refractivity contribution < 1.29 is 0 Å². The van der Waals surface area contributed by atoms with Crippen LogP contribution in [-0.4, -0.2) is 16.1 Å². The zero-order chi connectivity index (χ0) is 13.7. The monoisotopic (exact) mass is 257 g/mol. The number of nitrogens with zero attached hydrogens (tertiary/aromatic N) is 2. The summed E-state index contributed by atoms with van der Waals surface area (Å²) in [5.74, 6) is 0.861. The molecule has 0 saturated heterocycles. The predicted molar refractivity (Wildman–Crippen MR) is 77.6 cm³/mol. The Labute approximate surface area is 113 Å². The van der Waals surface area contributed by atoms with Crippen LogP contribution in [0.5, 0.6) is 0 Å². The standard InChI is InChI=1S/C15H19N3O/c1-3-9-16-15-13(7-5-10-17-15)11-18-12(2)6-4-8-14(18)19/h4-8,10H,3,9,11H2,1-2H3,(H,16,17). The molecule has 2 aromatic rings. The first-order valence-electron chi connectivity index (χ1n) is 6.56. The van der Waals surface area contributed by atoms with Gasteiger partial charge in [-0.2, -0.15) is 0 Å². The van der Waals surface area contributed by atoms with Gasteiger partial charge in [0.15, 0.2) is 0 Å². The summed E-state index contributed by atoms with van der Waals surface area (Å²) >= 11 is 0. The van der Waals surface area contributed by atoms with E-state index in [4.69, 9.17) is 0 Å². The van der Waals surface area contributed by atoms with Gasteiger partial charge < -0.3 is 9.88 Å². The van der Waals surface area contributed by atoms with Crippen LogP contribution in [0, 0.1) is 6.92 Å². The van der Waals surface area contributed by atoms with Crippen LogP contribution < -0.4 is 10.9 Å². The Hall–Kier alpha value is -2.10. The Bertz CT molecular complexity index is 604. The van der Waals surface area contributed by atoms with Crippen molar-refractivity contribution in [2.75, 3.05) is 11.9 Å². The molecule has 0 atom stereocenters. The second-order valence-electron chi connectivity index (χ2n) is 4.53. The van der Waals surface area contributed by atoms with Gasteiger partial charge in [0.25, 0.3) is 5.56 Å². The molecule has 0 aliphatic carbocycles. The van der Waals surface area contributed by atoms with Gasteiger partial charge >= 0.3 is 0 Å². The molecule has 0 bridgehead atoms. The van der Waals surface area contributed by atoms with Gasteiger partial charge in [0.2, 0.25) is 0 Å². The van der Waals surface area contributed by atoms with Crippen LogP contribution in [0.1, 0.15) is 24.6 Å². The minimum absolute atomic E-state index is 0.0188. The first-order chi connectivity index (χ1) is 9.22. The lowest BCUT2D eigenvalue weighted by atomic mass is 10.2. The maximum absolute atomic E-state index is 11.9. The zero-order valence-corrected chi connectivity index (χ0v) is 11.4. The minimum Gasteiger partial charge on any atom is -0.370 e. The molecule has 0 amide bonds. The van der Waals surface area contributed by atoms with Crippen molar-refractivity contribution in [2.24, 2.45) is 0 Å². The maximum Gasteiger partial charge on any atom is 0.251 e. The predicted octanol–water partition coefficient (Wildman–Crippen LogP) is 2.42. The fraction of sp³-hybridized carbons (Fsp3) is 0.333. The van der Waals surface area contributed by atoms with E-state index in [-0.39, 0.29) is 5.56 Å². The Morgan fingerprint density at radius 2 is 2.11 bits per heavy atom. The number of hydrogen-bond acceptors (Lipinski definition) is 3. The van der Waals surface area contributed by atoms with E-state index in [2.05, 4.69) is 17.2 Å². The lowest BCUT2D eigenvalue weighted by Crippen LogP contribution is -2.22. The van der Waals surface area contributed by atoms with Crippen LogP contribution in [-0.2, 0) is 6.54 Å². The Balaban J connectivity index is 2.30. The molecule has 0 unspecified atom stereocenters. The normalized spacial score (nSPS) is 10.4. The summed E-state index contributed by atoms with van der Waals surface area (Å²) < 4.78 is 1.76. The third kappa shape index (κ3) is 3.22. The van der Waals surface area contributed by atoms with Crippen LogP contribution >= 0.6 is 0 Å². The van der Waals surface area contributed by atoms with E-state index < -0.39 is 0 Å². The zero-order valence-electron chi connectivity index (χ0n) is 11.4. The number of aryl methyl sites for hydroxylation is 1. The number of nitrogens with one attached hydrogen (secondary N) is 1. The first-order valence-corrected chi connectivity index (χ1v) is 6.56. The maximum atomic E-state index is 11.9. The number of pyridine rings is 2. The Kier molecular flexibility index (Phi) is 4.34. The molecule has 0 fully saturated rings. The molecule has 2 aromatic heterocycles. The van der Waals surface area contributed by atoms with Crippen molar-refractivity contribution in [2.45, 2.75) is 26.8 Å². The van der Waals surface area contributed by atoms with Crippen molar-refractivity contribution in [3.8, 4) is 0 Å². The summed E-state index contributed by atoms with van der Waals surface area (Å²) in [6.07, 6.45) is 2.81. The van der Waals surface area contributed by atoms with Gasteiger partial charge in [-0.1, -0.05) is 19.1 Å². The van der Waals surface area contributed by atoms with Gasteiger partial charge in [0, 0.05) is 30.1 Å². The second kappa shape index (κ2) is 6.18. The molecule has 100 valence electrons. The third-order valence-corrected chi connectivity index (χ3v) is 3.03. The van der Waals surface area contributed by atoms with Crippen molar-refractivity contribution in [3.05, 3.63) is 58.1 Å². The number of anilines is 1. The highest BCUT2D eigenvalue weighted by molar-refractivity contribution is 5.43. The molecule has 19 heavy (non-hydrogen) atoms. The molecule has 0 spiro atoms. The fourth-order valence-corrected chi connectivity index (χ4v) is 1.97. The van der Waals surface area contributed by atoms with E-state index in [0.29, 0.717) is 6.54 Å². The molecule has 0 aliphatic rings. The number of hydrogen-bond donors (Lipinski definition) is 1. The largest absolute Gasteiger partial charge is 0.370 e. The average Bonchev–Trinajstić information content (AvgIpc) is 2.42. The smallest absolute Gasteiger partial charge is 0.251 e.